The van der Waals surface area contributed by atoms with Crippen LogP contribution in [0.15, 0.2) is 34.8 Å². The standard InChI is InChI=1S/C14H16BrN3O/c1-9-8-12(16)13(17(9)2)14(19)18(3)11-6-4-10(15)5-7-11/h4-8H,16H2,1-3H3. The average Bonchev–Trinajstić information content (AvgIpc) is 2.62. The number of nitrogens with zero attached hydrogens (tertiary/aromatic N) is 2. The number of carbonyl (C=O) groups is 1. The Hall–Kier alpha value is -1.75. The zero-order chi connectivity index (χ0) is 14.2. The van der Waals surface area contributed by atoms with Crippen molar-refractivity contribution >= 4 is 33.2 Å². The highest BCUT2D eigenvalue weighted by molar-refractivity contribution is 9.10. The molecule has 1 aromatic carbocycles. The number of aromatic nitrogens is 1. The van der Waals surface area contributed by atoms with Crippen molar-refractivity contribution in [1.82, 2.24) is 4.57 Å². The molecule has 5 heteroatoms. The van der Waals surface area contributed by atoms with E-state index >= 15 is 0 Å². The van der Waals surface area contributed by atoms with Crippen molar-refractivity contribution in [2.24, 2.45) is 7.05 Å². The Morgan fingerprint density at radius 1 is 1.32 bits per heavy atom. The molecule has 0 unspecified atom stereocenters. The van der Waals surface area contributed by atoms with Crippen molar-refractivity contribution in [1.29, 1.82) is 0 Å². The second-order valence-electron chi connectivity index (χ2n) is 4.49. The van der Waals surface area contributed by atoms with Crippen LogP contribution in [0.1, 0.15) is 16.2 Å². The van der Waals surface area contributed by atoms with E-state index in [-0.39, 0.29) is 5.91 Å². The molecule has 1 heterocycles. The molecule has 0 saturated carbocycles. The highest BCUT2D eigenvalue weighted by Gasteiger charge is 2.20. The molecule has 0 fully saturated rings. The van der Waals surface area contributed by atoms with Crippen LogP contribution in [0.2, 0.25) is 0 Å². The van der Waals surface area contributed by atoms with Crippen LogP contribution in [0.25, 0.3) is 0 Å². The van der Waals surface area contributed by atoms with Crippen LogP contribution in [0.3, 0.4) is 0 Å². The van der Waals surface area contributed by atoms with Gasteiger partial charge in [0.2, 0.25) is 0 Å². The maximum Gasteiger partial charge on any atom is 0.276 e. The normalized spacial score (nSPS) is 10.5. The van der Waals surface area contributed by atoms with Gasteiger partial charge in [0, 0.05) is 29.9 Å². The van der Waals surface area contributed by atoms with Gasteiger partial charge in [-0.1, -0.05) is 15.9 Å². The number of benzene rings is 1. The molecule has 1 aromatic heterocycles. The molecule has 2 aromatic rings. The summed E-state index contributed by atoms with van der Waals surface area (Å²) in [5.41, 5.74) is 8.72. The van der Waals surface area contributed by atoms with E-state index in [0.717, 1.165) is 15.9 Å². The van der Waals surface area contributed by atoms with Crippen LogP contribution in [0.4, 0.5) is 11.4 Å². The first kappa shape index (κ1) is 13.7. The van der Waals surface area contributed by atoms with Gasteiger partial charge in [0.15, 0.2) is 0 Å². The SMILES string of the molecule is Cc1cc(N)c(C(=O)N(C)c2ccc(Br)cc2)n1C. The summed E-state index contributed by atoms with van der Waals surface area (Å²) < 4.78 is 2.79. The molecule has 0 aliphatic carbocycles. The van der Waals surface area contributed by atoms with Gasteiger partial charge in [0.25, 0.3) is 5.91 Å². The lowest BCUT2D eigenvalue weighted by molar-refractivity contribution is 0.0986. The summed E-state index contributed by atoms with van der Waals surface area (Å²) in [6.07, 6.45) is 0. The summed E-state index contributed by atoms with van der Waals surface area (Å²) in [4.78, 5) is 14.1. The Morgan fingerprint density at radius 3 is 2.37 bits per heavy atom. The predicted octanol–water partition coefficient (Wildman–Crippen LogP) is 2.95. The maximum atomic E-state index is 12.5. The number of nitrogens with two attached hydrogens (primary N) is 1. The summed E-state index contributed by atoms with van der Waals surface area (Å²) in [7, 11) is 3.59. The van der Waals surface area contributed by atoms with Gasteiger partial charge in [0.05, 0.1) is 5.69 Å². The number of rotatable bonds is 2. The van der Waals surface area contributed by atoms with E-state index in [4.69, 9.17) is 5.73 Å². The van der Waals surface area contributed by atoms with Gasteiger partial charge in [-0.2, -0.15) is 0 Å². The Balaban J connectivity index is 2.36. The monoisotopic (exact) mass is 321 g/mol. The second-order valence-corrected chi connectivity index (χ2v) is 5.40. The number of hydrogen-bond donors (Lipinski definition) is 1. The summed E-state index contributed by atoms with van der Waals surface area (Å²) in [6.45, 7) is 1.92. The average molecular weight is 322 g/mol. The molecule has 100 valence electrons. The number of amides is 1. The number of anilines is 2. The van der Waals surface area contributed by atoms with Gasteiger partial charge in [-0.25, -0.2) is 0 Å². The molecule has 0 saturated heterocycles. The molecule has 0 aliphatic heterocycles. The molecular weight excluding hydrogens is 306 g/mol. The third kappa shape index (κ3) is 2.51. The van der Waals surface area contributed by atoms with Crippen molar-refractivity contribution in [3.63, 3.8) is 0 Å². The molecule has 0 bridgehead atoms. The molecule has 19 heavy (non-hydrogen) atoms. The highest BCUT2D eigenvalue weighted by atomic mass is 79.9. The van der Waals surface area contributed by atoms with Gasteiger partial charge in [-0.3, -0.25) is 4.79 Å². The fourth-order valence-electron chi connectivity index (χ4n) is 1.97. The minimum Gasteiger partial charge on any atom is -0.397 e. The fourth-order valence-corrected chi connectivity index (χ4v) is 2.23. The minimum atomic E-state index is -0.115. The van der Waals surface area contributed by atoms with E-state index in [0.29, 0.717) is 11.4 Å². The lowest BCUT2D eigenvalue weighted by Crippen LogP contribution is -2.28. The zero-order valence-electron chi connectivity index (χ0n) is 11.1. The lowest BCUT2D eigenvalue weighted by Gasteiger charge is -2.18. The van der Waals surface area contributed by atoms with Crippen molar-refractivity contribution < 1.29 is 4.79 Å². The third-order valence-electron chi connectivity index (χ3n) is 3.22. The summed E-state index contributed by atoms with van der Waals surface area (Å²) in [5, 5.41) is 0. The van der Waals surface area contributed by atoms with Gasteiger partial charge in [0.1, 0.15) is 5.69 Å². The molecule has 0 spiro atoms. The number of nitrogen functional groups attached to an aromatic ring is 1. The Morgan fingerprint density at radius 2 is 1.89 bits per heavy atom. The predicted molar refractivity (Wildman–Crippen MR) is 81.4 cm³/mol. The van der Waals surface area contributed by atoms with E-state index in [1.807, 2.05) is 48.9 Å². The Labute approximate surface area is 120 Å². The van der Waals surface area contributed by atoms with E-state index in [9.17, 15) is 4.79 Å². The fraction of sp³-hybridized carbons (Fsp3) is 0.214. The number of carbonyl (C=O) groups excluding carboxylic acids is 1. The molecule has 1 amide bonds. The first-order valence-corrected chi connectivity index (χ1v) is 6.66. The van der Waals surface area contributed by atoms with Crippen molar-refractivity contribution in [3.8, 4) is 0 Å². The zero-order valence-corrected chi connectivity index (χ0v) is 12.7. The molecule has 4 nitrogen and oxygen atoms in total. The molecular formula is C14H16BrN3O. The van der Waals surface area contributed by atoms with E-state index in [1.54, 1.807) is 11.9 Å². The number of halogens is 1. The van der Waals surface area contributed by atoms with Gasteiger partial charge in [-0.15, -0.1) is 0 Å². The van der Waals surface area contributed by atoms with Crippen LogP contribution >= 0.6 is 15.9 Å². The molecule has 0 radical (unpaired) electrons. The van der Waals surface area contributed by atoms with Gasteiger partial charge in [-0.05, 0) is 37.3 Å². The Bertz CT molecular complexity index is 616. The van der Waals surface area contributed by atoms with Crippen molar-refractivity contribution in [3.05, 3.63) is 46.2 Å². The smallest absolute Gasteiger partial charge is 0.276 e. The van der Waals surface area contributed by atoms with Crippen LogP contribution in [0, 0.1) is 6.92 Å². The summed E-state index contributed by atoms with van der Waals surface area (Å²) in [5.74, 6) is -0.115. The topological polar surface area (TPSA) is 51.3 Å². The molecule has 2 rings (SSSR count). The van der Waals surface area contributed by atoms with Crippen molar-refractivity contribution in [2.45, 2.75) is 6.92 Å². The molecule has 2 N–H and O–H groups in total. The second kappa shape index (κ2) is 5.09. The summed E-state index contributed by atoms with van der Waals surface area (Å²) >= 11 is 3.38. The lowest BCUT2D eigenvalue weighted by atomic mass is 10.2. The van der Waals surface area contributed by atoms with Gasteiger partial charge < -0.3 is 15.2 Å². The number of aryl methyl sites for hydroxylation is 1. The maximum absolute atomic E-state index is 12.5. The minimum absolute atomic E-state index is 0.115. The molecule has 0 aliphatic rings. The van der Waals surface area contributed by atoms with E-state index in [2.05, 4.69) is 15.9 Å². The van der Waals surface area contributed by atoms with Crippen LogP contribution in [-0.4, -0.2) is 17.5 Å². The van der Waals surface area contributed by atoms with Crippen molar-refractivity contribution in [2.75, 3.05) is 17.7 Å². The largest absolute Gasteiger partial charge is 0.397 e. The quantitative estimate of drug-likeness (QED) is 0.924. The highest BCUT2D eigenvalue weighted by Crippen LogP contribution is 2.22. The van der Waals surface area contributed by atoms with E-state index in [1.165, 1.54) is 0 Å². The first-order chi connectivity index (χ1) is 8.91. The van der Waals surface area contributed by atoms with Crippen LogP contribution < -0.4 is 10.6 Å². The summed E-state index contributed by atoms with van der Waals surface area (Å²) in [6, 6.07) is 9.38. The van der Waals surface area contributed by atoms with Gasteiger partial charge >= 0.3 is 0 Å². The Kier molecular flexibility index (Phi) is 3.66. The number of hydrogen-bond acceptors (Lipinski definition) is 2. The van der Waals surface area contributed by atoms with Crippen LogP contribution in [-0.2, 0) is 7.05 Å². The third-order valence-corrected chi connectivity index (χ3v) is 3.75. The van der Waals surface area contributed by atoms with E-state index < -0.39 is 0 Å². The van der Waals surface area contributed by atoms with Crippen LogP contribution in [0.5, 0.6) is 0 Å². The molecule has 0 atom stereocenters. The first-order valence-electron chi connectivity index (χ1n) is 5.87.